The zero-order chi connectivity index (χ0) is 20.5. The first kappa shape index (κ1) is 19.6. The van der Waals surface area contributed by atoms with Crippen LogP contribution in [0.2, 0.25) is 5.02 Å². The molecule has 0 radical (unpaired) electrons. The van der Waals surface area contributed by atoms with Crippen molar-refractivity contribution < 1.29 is 18.2 Å². The van der Waals surface area contributed by atoms with Crippen LogP contribution in [-0.4, -0.2) is 27.7 Å². The molecular weight excluding hydrogens is 397 g/mol. The van der Waals surface area contributed by atoms with E-state index in [0.29, 0.717) is 18.1 Å². The highest BCUT2D eigenvalue weighted by atomic mass is 35.5. The molecule has 0 saturated carbocycles. The topological polar surface area (TPSA) is 72.4 Å². The molecule has 0 N–H and O–H groups in total. The third kappa shape index (κ3) is 3.67. The van der Waals surface area contributed by atoms with Crippen LogP contribution in [0.4, 0.5) is 4.39 Å². The number of aromatic nitrogens is 2. The van der Waals surface area contributed by atoms with Gasteiger partial charge in [-0.25, -0.2) is 4.39 Å². The van der Waals surface area contributed by atoms with Crippen LogP contribution in [0.5, 0.6) is 0 Å². The number of benzene rings is 1. The van der Waals surface area contributed by atoms with E-state index in [4.69, 9.17) is 20.6 Å². The third-order valence-electron chi connectivity index (χ3n) is 5.26. The van der Waals surface area contributed by atoms with E-state index in [0.717, 1.165) is 31.4 Å². The Morgan fingerprint density at radius 3 is 2.76 bits per heavy atom. The monoisotopic (exact) mass is 417 g/mol. The number of aryl methyl sites for hydroxylation is 2. The van der Waals surface area contributed by atoms with Gasteiger partial charge in [0.2, 0.25) is 0 Å². The first-order valence-corrected chi connectivity index (χ1v) is 10.00. The summed E-state index contributed by atoms with van der Waals surface area (Å²) in [5, 5.41) is 8.11. The number of carbonyl (C=O) groups is 1. The Bertz CT molecular complexity index is 1030. The maximum Gasteiger partial charge on any atom is 0.260 e. The smallest absolute Gasteiger partial charge is 0.260 e. The van der Waals surface area contributed by atoms with Gasteiger partial charge in [0.15, 0.2) is 5.76 Å². The van der Waals surface area contributed by atoms with Crippen molar-refractivity contribution in [1.29, 1.82) is 0 Å². The molecule has 4 rings (SSSR count). The lowest BCUT2D eigenvalue weighted by Gasteiger charge is -2.28. The molecule has 1 atom stereocenters. The molecule has 8 heteroatoms. The summed E-state index contributed by atoms with van der Waals surface area (Å²) in [7, 11) is 0. The second kappa shape index (κ2) is 7.99. The Balaban J connectivity index is 1.78. The maximum atomic E-state index is 14.5. The van der Waals surface area contributed by atoms with Gasteiger partial charge in [-0.2, -0.15) is 0 Å². The Kier molecular flexibility index (Phi) is 5.41. The van der Waals surface area contributed by atoms with E-state index in [1.807, 2.05) is 13.0 Å². The molecule has 0 spiro atoms. The van der Waals surface area contributed by atoms with E-state index in [2.05, 4.69) is 10.3 Å². The molecule has 3 heterocycles. The molecule has 0 bridgehead atoms. The average Bonchev–Trinajstić information content (AvgIpc) is 3.18. The number of hydrogen-bond donors (Lipinski definition) is 0. The zero-order valence-corrected chi connectivity index (χ0v) is 17.0. The van der Waals surface area contributed by atoms with Crippen LogP contribution in [0.1, 0.15) is 59.3 Å². The molecule has 1 saturated heterocycles. The van der Waals surface area contributed by atoms with Gasteiger partial charge in [-0.3, -0.25) is 4.79 Å². The number of nitrogens with zero attached hydrogens (tertiary/aromatic N) is 3. The fourth-order valence-corrected chi connectivity index (χ4v) is 4.10. The minimum Gasteiger partial charge on any atom is -0.360 e. The largest absolute Gasteiger partial charge is 0.360 e. The van der Waals surface area contributed by atoms with E-state index < -0.39 is 5.82 Å². The molecule has 2 aromatic heterocycles. The summed E-state index contributed by atoms with van der Waals surface area (Å²) in [4.78, 5) is 15.4. The highest BCUT2D eigenvalue weighted by Crippen LogP contribution is 2.37. The highest BCUT2D eigenvalue weighted by Gasteiger charge is 2.34. The van der Waals surface area contributed by atoms with E-state index in [1.54, 1.807) is 17.9 Å². The van der Waals surface area contributed by atoms with Crippen molar-refractivity contribution in [1.82, 2.24) is 15.2 Å². The SMILES string of the molecule is Cc1cc([C@H]2CCCCCN2C(=O)c2c(-c3c(F)cccc3Cl)noc2C)on1. The lowest BCUT2D eigenvalue weighted by molar-refractivity contribution is 0.0650. The van der Waals surface area contributed by atoms with Crippen molar-refractivity contribution in [3.8, 4) is 11.3 Å². The van der Waals surface area contributed by atoms with Crippen molar-refractivity contribution in [3.05, 3.63) is 57.9 Å². The maximum absolute atomic E-state index is 14.5. The minimum atomic E-state index is -0.557. The van der Waals surface area contributed by atoms with Gasteiger partial charge >= 0.3 is 0 Å². The first-order chi connectivity index (χ1) is 14.0. The average molecular weight is 418 g/mol. The summed E-state index contributed by atoms with van der Waals surface area (Å²) in [6, 6.07) is 5.96. The number of likely N-dealkylation sites (tertiary alicyclic amines) is 1. The van der Waals surface area contributed by atoms with E-state index in [1.165, 1.54) is 12.1 Å². The zero-order valence-electron chi connectivity index (χ0n) is 16.2. The summed E-state index contributed by atoms with van der Waals surface area (Å²) >= 11 is 6.22. The number of rotatable bonds is 3. The van der Waals surface area contributed by atoms with Gasteiger partial charge in [0.25, 0.3) is 5.91 Å². The van der Waals surface area contributed by atoms with Gasteiger partial charge in [-0.05, 0) is 38.8 Å². The molecule has 1 fully saturated rings. The molecule has 152 valence electrons. The molecule has 0 aliphatic carbocycles. The summed E-state index contributed by atoms with van der Waals surface area (Å²) in [5.74, 6) is 0.135. The van der Waals surface area contributed by atoms with Crippen molar-refractivity contribution in [2.75, 3.05) is 6.54 Å². The quantitative estimate of drug-likeness (QED) is 0.562. The number of halogens is 2. The van der Waals surface area contributed by atoms with E-state index in [-0.39, 0.29) is 33.8 Å². The molecule has 1 amide bonds. The Labute approximate surface area is 172 Å². The van der Waals surface area contributed by atoms with Crippen LogP contribution >= 0.6 is 11.6 Å². The molecular formula is C21H21ClFN3O3. The van der Waals surface area contributed by atoms with Gasteiger partial charge in [0.05, 0.1) is 22.3 Å². The predicted octanol–water partition coefficient (Wildman–Crippen LogP) is 5.50. The summed E-state index contributed by atoms with van der Waals surface area (Å²) in [5.41, 5.74) is 1.17. The van der Waals surface area contributed by atoms with Crippen molar-refractivity contribution in [3.63, 3.8) is 0 Å². The van der Waals surface area contributed by atoms with Crippen LogP contribution in [-0.2, 0) is 0 Å². The molecule has 0 unspecified atom stereocenters. The van der Waals surface area contributed by atoms with Gasteiger partial charge in [0.1, 0.15) is 22.8 Å². The van der Waals surface area contributed by atoms with Crippen LogP contribution in [0.25, 0.3) is 11.3 Å². The highest BCUT2D eigenvalue weighted by molar-refractivity contribution is 6.33. The molecule has 29 heavy (non-hydrogen) atoms. The summed E-state index contributed by atoms with van der Waals surface area (Å²) in [6.07, 6.45) is 3.63. The number of hydrogen-bond acceptors (Lipinski definition) is 5. The summed E-state index contributed by atoms with van der Waals surface area (Å²) < 4.78 is 25.3. The molecule has 1 aromatic carbocycles. The molecule has 6 nitrogen and oxygen atoms in total. The fourth-order valence-electron chi connectivity index (χ4n) is 3.85. The standard InChI is InChI=1S/C21H21ClFN3O3/c1-12-11-17(29-24-12)16-9-4-3-5-10-26(16)21(27)18-13(2)28-25-20(18)19-14(22)7-6-8-15(19)23/h6-8,11,16H,3-5,9-10H2,1-2H3/t16-/m1/s1. The molecule has 3 aromatic rings. The Hall–Kier alpha value is -2.67. The fraction of sp³-hybridized carbons (Fsp3) is 0.381. The van der Waals surface area contributed by atoms with Gasteiger partial charge < -0.3 is 13.9 Å². The van der Waals surface area contributed by atoms with Crippen LogP contribution in [0.3, 0.4) is 0 Å². The normalized spacial score (nSPS) is 17.4. The molecule has 1 aliphatic heterocycles. The second-order valence-corrected chi connectivity index (χ2v) is 7.70. The van der Waals surface area contributed by atoms with E-state index in [9.17, 15) is 9.18 Å². The second-order valence-electron chi connectivity index (χ2n) is 7.29. The van der Waals surface area contributed by atoms with Crippen molar-refractivity contribution in [2.45, 2.75) is 45.6 Å². The van der Waals surface area contributed by atoms with Crippen molar-refractivity contribution in [2.24, 2.45) is 0 Å². The Morgan fingerprint density at radius 2 is 2.03 bits per heavy atom. The Morgan fingerprint density at radius 1 is 1.21 bits per heavy atom. The van der Waals surface area contributed by atoms with Gasteiger partial charge in [-0.15, -0.1) is 0 Å². The van der Waals surface area contributed by atoms with Crippen LogP contribution in [0.15, 0.2) is 33.3 Å². The van der Waals surface area contributed by atoms with Crippen LogP contribution in [0, 0.1) is 19.7 Å². The van der Waals surface area contributed by atoms with Gasteiger partial charge in [-0.1, -0.05) is 40.8 Å². The number of carbonyl (C=O) groups excluding carboxylic acids is 1. The molecule has 1 aliphatic rings. The third-order valence-corrected chi connectivity index (χ3v) is 5.58. The first-order valence-electron chi connectivity index (χ1n) is 9.62. The summed E-state index contributed by atoms with van der Waals surface area (Å²) in [6.45, 7) is 4.04. The minimum absolute atomic E-state index is 0.0660. The van der Waals surface area contributed by atoms with E-state index >= 15 is 0 Å². The number of amides is 1. The lowest BCUT2D eigenvalue weighted by atomic mass is 10.0. The van der Waals surface area contributed by atoms with Gasteiger partial charge in [0, 0.05) is 12.6 Å². The lowest BCUT2D eigenvalue weighted by Crippen LogP contribution is -2.35. The van der Waals surface area contributed by atoms with Crippen molar-refractivity contribution >= 4 is 17.5 Å². The van der Waals surface area contributed by atoms with Crippen LogP contribution < -0.4 is 0 Å². The predicted molar refractivity (Wildman–Crippen MR) is 105 cm³/mol.